The number of nitrogens with two attached hydrogens (primary N) is 1. The van der Waals surface area contributed by atoms with E-state index in [1.165, 1.54) is 16.7 Å². The van der Waals surface area contributed by atoms with Gasteiger partial charge in [0.25, 0.3) is 0 Å². The molecule has 20 heavy (non-hydrogen) atoms. The summed E-state index contributed by atoms with van der Waals surface area (Å²) in [7, 11) is 0. The van der Waals surface area contributed by atoms with Crippen LogP contribution in [0.3, 0.4) is 0 Å². The molecule has 4 nitrogen and oxygen atoms in total. The predicted molar refractivity (Wildman–Crippen MR) is 79.3 cm³/mol. The number of benzene rings is 1. The highest BCUT2D eigenvalue weighted by Gasteiger charge is 2.23. The first-order valence-electron chi connectivity index (χ1n) is 7.55. The molecule has 1 atom stereocenters. The van der Waals surface area contributed by atoms with Crippen molar-refractivity contribution in [2.45, 2.75) is 25.8 Å². The Morgan fingerprint density at radius 2 is 2.10 bits per heavy atom. The Morgan fingerprint density at radius 1 is 1.30 bits per heavy atom. The zero-order valence-electron chi connectivity index (χ0n) is 11.9. The molecular weight excluding hydrogens is 250 g/mol. The van der Waals surface area contributed by atoms with E-state index in [2.05, 4.69) is 28.4 Å². The highest BCUT2D eigenvalue weighted by atomic mass is 16.1. The van der Waals surface area contributed by atoms with Crippen LogP contribution < -0.4 is 11.1 Å². The first-order chi connectivity index (χ1) is 9.72. The van der Waals surface area contributed by atoms with Gasteiger partial charge in [0.2, 0.25) is 5.91 Å². The van der Waals surface area contributed by atoms with E-state index in [-0.39, 0.29) is 11.8 Å². The summed E-state index contributed by atoms with van der Waals surface area (Å²) in [6, 6.07) is 6.74. The van der Waals surface area contributed by atoms with Gasteiger partial charge in [-0.3, -0.25) is 9.69 Å². The van der Waals surface area contributed by atoms with Crippen LogP contribution in [0.15, 0.2) is 18.2 Å². The number of piperazine rings is 1. The Balaban J connectivity index is 1.68. The zero-order chi connectivity index (χ0) is 13.9. The van der Waals surface area contributed by atoms with Crippen molar-refractivity contribution in [3.8, 4) is 0 Å². The topological polar surface area (TPSA) is 58.4 Å². The Kier molecular flexibility index (Phi) is 4.03. The summed E-state index contributed by atoms with van der Waals surface area (Å²) >= 11 is 0. The molecule has 1 aromatic carbocycles. The quantitative estimate of drug-likeness (QED) is 0.851. The second kappa shape index (κ2) is 5.94. The number of aryl methyl sites for hydroxylation is 1. The summed E-state index contributed by atoms with van der Waals surface area (Å²) in [6.45, 7) is 5.46. The summed E-state index contributed by atoms with van der Waals surface area (Å²) in [6.07, 6.45) is 2.70. The molecule has 1 aliphatic heterocycles. The van der Waals surface area contributed by atoms with E-state index in [9.17, 15) is 4.79 Å². The summed E-state index contributed by atoms with van der Waals surface area (Å²) in [5.41, 5.74) is 9.54. The van der Waals surface area contributed by atoms with Crippen LogP contribution in [0.5, 0.6) is 0 Å². The number of fused-ring (bicyclic) bond motifs is 1. The molecule has 0 aromatic heterocycles. The molecule has 1 heterocycles. The van der Waals surface area contributed by atoms with Crippen LogP contribution in [0.25, 0.3) is 0 Å². The fourth-order valence-corrected chi connectivity index (χ4v) is 3.28. The maximum Gasteiger partial charge on any atom is 0.220 e. The fourth-order valence-electron chi connectivity index (χ4n) is 3.28. The highest BCUT2D eigenvalue weighted by Crippen LogP contribution is 2.26. The molecule has 0 unspecified atom stereocenters. The average molecular weight is 273 g/mol. The zero-order valence-corrected chi connectivity index (χ0v) is 11.9. The van der Waals surface area contributed by atoms with Gasteiger partial charge in [0.1, 0.15) is 0 Å². The summed E-state index contributed by atoms with van der Waals surface area (Å²) in [5, 5.41) is 3.38. The molecule has 3 N–H and O–H groups in total. The van der Waals surface area contributed by atoms with Gasteiger partial charge in [-0.25, -0.2) is 0 Å². The first-order valence-corrected chi connectivity index (χ1v) is 7.55. The molecule has 0 saturated carbocycles. The summed E-state index contributed by atoms with van der Waals surface area (Å²) in [5.74, 6) is -0.123. The van der Waals surface area contributed by atoms with Crippen LogP contribution >= 0.6 is 0 Å². The number of rotatable bonds is 3. The monoisotopic (exact) mass is 273 g/mol. The SMILES string of the molecule is NC(=O)[C@H]1CCc2cc(CN3CCNCC3)ccc2C1. The number of hydrogen-bond donors (Lipinski definition) is 2. The third kappa shape index (κ3) is 3.02. The smallest absolute Gasteiger partial charge is 0.220 e. The normalized spacial score (nSPS) is 23.3. The number of primary amides is 1. The van der Waals surface area contributed by atoms with E-state index in [1.54, 1.807) is 0 Å². The molecule has 1 amide bonds. The van der Waals surface area contributed by atoms with Gasteiger partial charge in [0.15, 0.2) is 0 Å². The second-order valence-corrected chi connectivity index (χ2v) is 5.97. The van der Waals surface area contributed by atoms with E-state index in [1.807, 2.05) is 0 Å². The van der Waals surface area contributed by atoms with Crippen LogP contribution in [0.4, 0.5) is 0 Å². The van der Waals surface area contributed by atoms with Gasteiger partial charge < -0.3 is 11.1 Å². The highest BCUT2D eigenvalue weighted by molar-refractivity contribution is 5.77. The lowest BCUT2D eigenvalue weighted by Crippen LogP contribution is -2.42. The summed E-state index contributed by atoms with van der Waals surface area (Å²) < 4.78 is 0. The van der Waals surface area contributed by atoms with E-state index >= 15 is 0 Å². The van der Waals surface area contributed by atoms with Crippen molar-refractivity contribution in [3.05, 3.63) is 34.9 Å². The van der Waals surface area contributed by atoms with Crippen molar-refractivity contribution in [1.29, 1.82) is 0 Å². The van der Waals surface area contributed by atoms with Gasteiger partial charge in [-0.2, -0.15) is 0 Å². The predicted octanol–water partition coefficient (Wildman–Crippen LogP) is 0.682. The minimum Gasteiger partial charge on any atom is -0.369 e. The van der Waals surface area contributed by atoms with Crippen LogP contribution in [0, 0.1) is 5.92 Å². The number of nitrogens with one attached hydrogen (secondary N) is 1. The molecule has 0 spiro atoms. The number of amides is 1. The van der Waals surface area contributed by atoms with Gasteiger partial charge >= 0.3 is 0 Å². The molecule has 4 heteroatoms. The van der Waals surface area contributed by atoms with Gasteiger partial charge in [0, 0.05) is 38.6 Å². The van der Waals surface area contributed by atoms with Gasteiger partial charge in [-0.05, 0) is 36.0 Å². The van der Waals surface area contributed by atoms with E-state index in [4.69, 9.17) is 5.73 Å². The van der Waals surface area contributed by atoms with Crippen molar-refractivity contribution < 1.29 is 4.79 Å². The fraction of sp³-hybridized carbons (Fsp3) is 0.562. The van der Waals surface area contributed by atoms with Crippen molar-refractivity contribution in [2.24, 2.45) is 11.7 Å². The van der Waals surface area contributed by atoms with Crippen LogP contribution in [-0.2, 0) is 24.2 Å². The molecule has 108 valence electrons. The van der Waals surface area contributed by atoms with Gasteiger partial charge in [-0.15, -0.1) is 0 Å². The standard InChI is InChI=1S/C16H23N3O/c17-16(20)15-4-3-13-9-12(1-2-14(13)10-15)11-19-7-5-18-6-8-19/h1-2,9,15,18H,3-8,10-11H2,(H2,17,20)/t15-/m0/s1. The minimum atomic E-state index is -0.152. The van der Waals surface area contributed by atoms with Crippen LogP contribution in [-0.4, -0.2) is 37.0 Å². The first kappa shape index (κ1) is 13.6. The largest absolute Gasteiger partial charge is 0.369 e. The van der Waals surface area contributed by atoms with Crippen LogP contribution in [0.2, 0.25) is 0 Å². The maximum absolute atomic E-state index is 11.3. The molecule has 0 radical (unpaired) electrons. The third-order valence-electron chi connectivity index (χ3n) is 4.52. The maximum atomic E-state index is 11.3. The number of nitrogens with zero attached hydrogens (tertiary/aromatic N) is 1. The number of carbonyl (C=O) groups is 1. The van der Waals surface area contributed by atoms with E-state index < -0.39 is 0 Å². The van der Waals surface area contributed by atoms with Crippen LogP contribution in [0.1, 0.15) is 23.1 Å². The van der Waals surface area contributed by atoms with Crippen molar-refractivity contribution in [1.82, 2.24) is 10.2 Å². The van der Waals surface area contributed by atoms with Gasteiger partial charge in [0.05, 0.1) is 0 Å². The average Bonchev–Trinajstić information content (AvgIpc) is 2.47. The van der Waals surface area contributed by atoms with Crippen molar-refractivity contribution in [2.75, 3.05) is 26.2 Å². The lowest BCUT2D eigenvalue weighted by Gasteiger charge is -2.28. The van der Waals surface area contributed by atoms with Crippen molar-refractivity contribution >= 4 is 5.91 Å². The molecule has 2 aliphatic rings. The van der Waals surface area contributed by atoms with E-state index in [0.717, 1.165) is 52.0 Å². The molecular formula is C16H23N3O. The molecule has 0 bridgehead atoms. The lowest BCUT2D eigenvalue weighted by molar-refractivity contribution is -0.122. The second-order valence-electron chi connectivity index (χ2n) is 5.97. The Labute approximate surface area is 120 Å². The Bertz CT molecular complexity index is 494. The van der Waals surface area contributed by atoms with E-state index in [0.29, 0.717) is 0 Å². The number of hydrogen-bond acceptors (Lipinski definition) is 3. The lowest BCUT2D eigenvalue weighted by atomic mass is 9.83. The molecule has 1 fully saturated rings. The molecule has 1 aromatic rings. The molecule has 3 rings (SSSR count). The Hall–Kier alpha value is -1.39. The molecule has 1 saturated heterocycles. The Morgan fingerprint density at radius 3 is 2.85 bits per heavy atom. The third-order valence-corrected chi connectivity index (χ3v) is 4.52. The molecule has 1 aliphatic carbocycles. The summed E-state index contributed by atoms with van der Waals surface area (Å²) in [4.78, 5) is 13.8. The van der Waals surface area contributed by atoms with Crippen molar-refractivity contribution in [3.63, 3.8) is 0 Å². The van der Waals surface area contributed by atoms with Gasteiger partial charge in [-0.1, -0.05) is 18.2 Å². The minimum absolute atomic E-state index is 0.0292. The number of carbonyl (C=O) groups excluding carboxylic acids is 1.